The molecule has 24 heavy (non-hydrogen) atoms. The van der Waals surface area contributed by atoms with Crippen LogP contribution in [0.15, 0.2) is 29.3 Å². The highest BCUT2D eigenvalue weighted by atomic mass is 35.5. The lowest BCUT2D eigenvalue weighted by Crippen LogP contribution is -2.38. The SMILES string of the molecule is CCNC(=NCCc1sc(C)nc1C)NCCc1ccccc1Cl. The summed E-state index contributed by atoms with van der Waals surface area (Å²) in [5.41, 5.74) is 2.28. The Balaban J connectivity index is 1.84. The normalized spacial score (nSPS) is 11.6. The molecular formula is C18H25ClN4S. The van der Waals surface area contributed by atoms with Gasteiger partial charge in [-0.1, -0.05) is 29.8 Å². The third-order valence-electron chi connectivity index (χ3n) is 3.60. The van der Waals surface area contributed by atoms with E-state index in [0.29, 0.717) is 0 Å². The van der Waals surface area contributed by atoms with Gasteiger partial charge in [0.1, 0.15) is 0 Å². The van der Waals surface area contributed by atoms with Crippen molar-refractivity contribution in [1.82, 2.24) is 15.6 Å². The van der Waals surface area contributed by atoms with E-state index in [2.05, 4.69) is 40.5 Å². The molecule has 2 N–H and O–H groups in total. The molecule has 0 radical (unpaired) electrons. The lowest BCUT2D eigenvalue weighted by Gasteiger charge is -2.11. The van der Waals surface area contributed by atoms with Gasteiger partial charge in [-0.25, -0.2) is 4.98 Å². The van der Waals surface area contributed by atoms with Crippen molar-refractivity contribution in [2.24, 2.45) is 4.99 Å². The van der Waals surface area contributed by atoms with Crippen molar-refractivity contribution in [1.29, 1.82) is 0 Å². The van der Waals surface area contributed by atoms with Crippen LogP contribution in [0.25, 0.3) is 0 Å². The molecule has 2 aromatic rings. The minimum Gasteiger partial charge on any atom is -0.357 e. The third kappa shape index (κ3) is 5.80. The van der Waals surface area contributed by atoms with Crippen molar-refractivity contribution in [2.45, 2.75) is 33.6 Å². The first kappa shape index (κ1) is 18.7. The third-order valence-corrected chi connectivity index (χ3v) is 5.10. The van der Waals surface area contributed by atoms with Crippen LogP contribution in [0.4, 0.5) is 0 Å². The number of aliphatic imine (C=N–C) groups is 1. The summed E-state index contributed by atoms with van der Waals surface area (Å²) in [4.78, 5) is 10.4. The topological polar surface area (TPSA) is 49.3 Å². The number of nitrogens with zero attached hydrogens (tertiary/aromatic N) is 2. The number of hydrogen-bond acceptors (Lipinski definition) is 3. The number of rotatable bonds is 7. The molecule has 1 aromatic heterocycles. The van der Waals surface area contributed by atoms with Crippen molar-refractivity contribution in [3.63, 3.8) is 0 Å². The highest BCUT2D eigenvalue weighted by Gasteiger charge is 2.05. The maximum absolute atomic E-state index is 6.19. The average molecular weight is 365 g/mol. The summed E-state index contributed by atoms with van der Waals surface area (Å²) in [6.45, 7) is 8.58. The lowest BCUT2D eigenvalue weighted by molar-refractivity contribution is 0.797. The van der Waals surface area contributed by atoms with Gasteiger partial charge in [0.15, 0.2) is 5.96 Å². The van der Waals surface area contributed by atoms with E-state index in [9.17, 15) is 0 Å². The van der Waals surface area contributed by atoms with Gasteiger partial charge >= 0.3 is 0 Å². The molecular weight excluding hydrogens is 340 g/mol. The monoisotopic (exact) mass is 364 g/mol. The predicted molar refractivity (Wildman–Crippen MR) is 104 cm³/mol. The van der Waals surface area contributed by atoms with E-state index in [0.717, 1.165) is 59.7 Å². The van der Waals surface area contributed by atoms with Crippen molar-refractivity contribution in [3.05, 3.63) is 50.4 Å². The molecule has 0 amide bonds. The van der Waals surface area contributed by atoms with Gasteiger partial charge in [-0.15, -0.1) is 11.3 Å². The highest BCUT2D eigenvalue weighted by Crippen LogP contribution is 2.17. The van der Waals surface area contributed by atoms with Crippen molar-refractivity contribution < 1.29 is 0 Å². The summed E-state index contributed by atoms with van der Waals surface area (Å²) in [5.74, 6) is 0.850. The van der Waals surface area contributed by atoms with E-state index in [1.807, 2.05) is 25.1 Å². The maximum atomic E-state index is 6.19. The summed E-state index contributed by atoms with van der Waals surface area (Å²) in [7, 11) is 0. The Hall–Kier alpha value is -1.59. The molecule has 0 fully saturated rings. The fourth-order valence-electron chi connectivity index (χ4n) is 2.43. The van der Waals surface area contributed by atoms with Gasteiger partial charge in [-0.05, 0) is 38.8 Å². The van der Waals surface area contributed by atoms with Gasteiger partial charge < -0.3 is 10.6 Å². The Kier molecular flexibility index (Phi) is 7.53. The average Bonchev–Trinajstić information content (AvgIpc) is 2.87. The molecule has 0 unspecified atom stereocenters. The zero-order valence-corrected chi connectivity index (χ0v) is 16.1. The second-order valence-electron chi connectivity index (χ2n) is 5.52. The molecule has 0 spiro atoms. The second-order valence-corrected chi connectivity index (χ2v) is 7.22. The molecule has 1 heterocycles. The van der Waals surface area contributed by atoms with Crippen LogP contribution in [0.2, 0.25) is 5.02 Å². The Bertz CT molecular complexity index is 681. The first-order chi connectivity index (χ1) is 11.6. The van der Waals surface area contributed by atoms with Crippen LogP contribution in [-0.4, -0.2) is 30.6 Å². The molecule has 0 aliphatic rings. The van der Waals surface area contributed by atoms with Gasteiger partial charge in [0, 0.05) is 36.0 Å². The summed E-state index contributed by atoms with van der Waals surface area (Å²) in [6, 6.07) is 7.95. The van der Waals surface area contributed by atoms with E-state index in [-0.39, 0.29) is 0 Å². The number of hydrogen-bond donors (Lipinski definition) is 2. The van der Waals surface area contributed by atoms with Gasteiger partial charge in [-0.2, -0.15) is 0 Å². The van der Waals surface area contributed by atoms with Gasteiger partial charge in [-0.3, -0.25) is 4.99 Å². The van der Waals surface area contributed by atoms with Crippen LogP contribution in [0.3, 0.4) is 0 Å². The van der Waals surface area contributed by atoms with E-state index < -0.39 is 0 Å². The number of benzene rings is 1. The number of aromatic nitrogens is 1. The predicted octanol–water partition coefficient (Wildman–Crippen LogP) is 3.75. The summed E-state index contributed by atoms with van der Waals surface area (Å²) >= 11 is 7.95. The van der Waals surface area contributed by atoms with Gasteiger partial charge in [0.25, 0.3) is 0 Å². The Labute approximate surface area is 153 Å². The molecule has 130 valence electrons. The van der Waals surface area contributed by atoms with Crippen LogP contribution in [-0.2, 0) is 12.8 Å². The quantitative estimate of drug-likeness (QED) is 0.581. The molecule has 0 saturated heterocycles. The summed E-state index contributed by atoms with van der Waals surface area (Å²) < 4.78 is 0. The number of guanidine groups is 1. The second kappa shape index (κ2) is 9.64. The maximum Gasteiger partial charge on any atom is 0.191 e. The molecule has 0 bridgehead atoms. The number of halogens is 1. The fraction of sp³-hybridized carbons (Fsp3) is 0.444. The molecule has 0 aliphatic carbocycles. The van der Waals surface area contributed by atoms with E-state index >= 15 is 0 Å². The summed E-state index contributed by atoms with van der Waals surface area (Å²) in [5, 5.41) is 8.59. The Morgan fingerprint density at radius 3 is 2.67 bits per heavy atom. The first-order valence-corrected chi connectivity index (χ1v) is 9.48. The van der Waals surface area contributed by atoms with Gasteiger partial charge in [0.05, 0.1) is 10.7 Å². The Morgan fingerprint density at radius 1 is 1.21 bits per heavy atom. The molecule has 0 aliphatic heterocycles. The minimum absolute atomic E-state index is 0.754. The number of nitrogens with one attached hydrogen (secondary N) is 2. The van der Waals surface area contributed by atoms with Crippen LogP contribution < -0.4 is 10.6 Å². The summed E-state index contributed by atoms with van der Waals surface area (Å²) in [6.07, 6.45) is 1.80. The van der Waals surface area contributed by atoms with Gasteiger partial charge in [0.2, 0.25) is 0 Å². The standard InChI is InChI=1S/C18H25ClN4S/c1-4-20-18(21-11-9-15-7-5-6-8-16(15)19)22-12-10-17-13(2)23-14(3)24-17/h5-8H,4,9-12H2,1-3H3,(H2,20,21,22). The molecule has 1 aromatic carbocycles. The lowest BCUT2D eigenvalue weighted by atomic mass is 10.1. The highest BCUT2D eigenvalue weighted by molar-refractivity contribution is 7.11. The molecule has 4 nitrogen and oxygen atoms in total. The van der Waals surface area contributed by atoms with E-state index in [1.54, 1.807) is 11.3 Å². The van der Waals surface area contributed by atoms with Crippen LogP contribution in [0.1, 0.15) is 28.1 Å². The van der Waals surface area contributed by atoms with Crippen LogP contribution in [0, 0.1) is 13.8 Å². The fourth-order valence-corrected chi connectivity index (χ4v) is 3.59. The van der Waals surface area contributed by atoms with E-state index in [1.165, 1.54) is 4.88 Å². The molecule has 6 heteroatoms. The van der Waals surface area contributed by atoms with Crippen LogP contribution >= 0.6 is 22.9 Å². The molecule has 0 atom stereocenters. The first-order valence-electron chi connectivity index (χ1n) is 8.28. The molecule has 0 saturated carbocycles. The van der Waals surface area contributed by atoms with Crippen molar-refractivity contribution in [2.75, 3.05) is 19.6 Å². The zero-order valence-electron chi connectivity index (χ0n) is 14.5. The van der Waals surface area contributed by atoms with Crippen LogP contribution in [0.5, 0.6) is 0 Å². The smallest absolute Gasteiger partial charge is 0.191 e. The largest absolute Gasteiger partial charge is 0.357 e. The Morgan fingerprint density at radius 2 is 2.00 bits per heavy atom. The van der Waals surface area contributed by atoms with Crippen molar-refractivity contribution in [3.8, 4) is 0 Å². The minimum atomic E-state index is 0.754. The van der Waals surface area contributed by atoms with Crippen molar-refractivity contribution >= 4 is 28.9 Å². The molecule has 2 rings (SSSR count). The van der Waals surface area contributed by atoms with E-state index in [4.69, 9.17) is 11.6 Å². The number of thiazole rings is 1. The zero-order chi connectivity index (χ0) is 17.4. The number of aryl methyl sites for hydroxylation is 2.